The minimum absolute atomic E-state index is 0.0736. The van der Waals surface area contributed by atoms with Crippen LogP contribution in [0.5, 0.6) is 11.9 Å². The summed E-state index contributed by atoms with van der Waals surface area (Å²) in [5.41, 5.74) is -0.500. The summed E-state index contributed by atoms with van der Waals surface area (Å²) in [6, 6.07) is 9.28. The zero-order chi connectivity index (χ0) is 16.6. The minimum Gasteiger partial charge on any atom is -0.480 e. The van der Waals surface area contributed by atoms with E-state index in [1.165, 1.54) is 12.1 Å². The predicted octanol–water partition coefficient (Wildman–Crippen LogP) is 3.05. The van der Waals surface area contributed by atoms with Crippen molar-refractivity contribution in [2.45, 2.75) is 0 Å². The molecule has 0 aliphatic carbocycles. The molecule has 0 amide bonds. The van der Waals surface area contributed by atoms with Gasteiger partial charge in [-0.1, -0.05) is 24.3 Å². The highest BCUT2D eigenvalue weighted by Gasteiger charge is 2.24. The molecule has 5 aromatic rings. The molecule has 116 valence electrons. The molecule has 0 spiro atoms. The van der Waals surface area contributed by atoms with Gasteiger partial charge in [0.15, 0.2) is 5.43 Å². The lowest BCUT2D eigenvalue weighted by molar-refractivity contribution is 0.342. The highest BCUT2D eigenvalue weighted by Crippen LogP contribution is 2.42. The molecule has 6 nitrogen and oxygen atoms in total. The van der Waals surface area contributed by atoms with Gasteiger partial charge in [0.05, 0.1) is 0 Å². The van der Waals surface area contributed by atoms with E-state index in [1.54, 1.807) is 24.3 Å². The van der Waals surface area contributed by atoms with Gasteiger partial charge < -0.3 is 19.0 Å². The first-order chi connectivity index (χ1) is 11.6. The summed E-state index contributed by atoms with van der Waals surface area (Å²) >= 11 is 0. The number of rotatable bonds is 0. The normalized spacial score (nSPS) is 12.0. The van der Waals surface area contributed by atoms with Crippen molar-refractivity contribution in [1.29, 1.82) is 0 Å². The molecular weight excluding hydrogens is 312 g/mol. The Morgan fingerprint density at radius 3 is 2.21 bits per heavy atom. The smallest absolute Gasteiger partial charge is 0.294 e. The second-order valence-electron chi connectivity index (χ2n) is 5.58. The quantitative estimate of drug-likeness (QED) is 0.336. The molecule has 0 fully saturated rings. The van der Waals surface area contributed by atoms with Crippen molar-refractivity contribution in [3.63, 3.8) is 0 Å². The van der Waals surface area contributed by atoms with E-state index in [1.807, 2.05) is 0 Å². The van der Waals surface area contributed by atoms with Crippen molar-refractivity contribution >= 4 is 43.5 Å². The molecule has 2 aromatic heterocycles. The van der Waals surface area contributed by atoms with E-state index in [2.05, 4.69) is 0 Å². The number of hydrogen-bond acceptors (Lipinski definition) is 6. The molecule has 2 heterocycles. The number of aromatic hydroxyl groups is 2. The van der Waals surface area contributed by atoms with Crippen LogP contribution in [0.3, 0.4) is 0 Å². The molecule has 0 atom stereocenters. The zero-order valence-electron chi connectivity index (χ0n) is 12.0. The van der Waals surface area contributed by atoms with Crippen molar-refractivity contribution in [2.24, 2.45) is 0 Å². The van der Waals surface area contributed by atoms with Gasteiger partial charge in [-0.25, -0.2) is 0 Å². The summed E-state index contributed by atoms with van der Waals surface area (Å²) in [6.45, 7) is 0. The fourth-order valence-corrected chi connectivity index (χ4v) is 3.34. The Morgan fingerprint density at radius 2 is 1.42 bits per heavy atom. The maximum absolute atomic E-state index is 12.8. The van der Waals surface area contributed by atoms with E-state index < -0.39 is 22.8 Å². The Labute approximate surface area is 132 Å². The van der Waals surface area contributed by atoms with Crippen LogP contribution in [-0.4, -0.2) is 10.2 Å². The maximum Gasteiger partial charge on any atom is 0.294 e. The topological polar surface area (TPSA) is 101 Å². The zero-order valence-corrected chi connectivity index (χ0v) is 12.0. The Bertz CT molecular complexity index is 1410. The lowest BCUT2D eigenvalue weighted by Gasteiger charge is -2.12. The van der Waals surface area contributed by atoms with Gasteiger partial charge in [-0.3, -0.25) is 9.59 Å². The fourth-order valence-electron chi connectivity index (χ4n) is 3.34. The molecule has 0 aliphatic heterocycles. The van der Waals surface area contributed by atoms with Crippen LogP contribution in [0, 0.1) is 0 Å². The maximum atomic E-state index is 12.8. The average Bonchev–Trinajstić information content (AvgIpc) is 2.58. The van der Waals surface area contributed by atoms with Crippen LogP contribution in [0.1, 0.15) is 0 Å². The van der Waals surface area contributed by atoms with Gasteiger partial charge in [0, 0.05) is 21.5 Å². The van der Waals surface area contributed by atoms with Gasteiger partial charge >= 0.3 is 0 Å². The summed E-state index contributed by atoms with van der Waals surface area (Å²) < 4.78 is 10.8. The molecule has 0 aliphatic rings. The van der Waals surface area contributed by atoms with Crippen molar-refractivity contribution in [1.82, 2.24) is 0 Å². The SMILES string of the molecule is O=c1ccc2oc(O)c3c(=O)c4ccccc4c4oc(O)c1c2c34. The molecular formula is C18H8O6. The van der Waals surface area contributed by atoms with Gasteiger partial charge in [-0.2, -0.15) is 0 Å². The highest BCUT2D eigenvalue weighted by atomic mass is 16.5. The lowest BCUT2D eigenvalue weighted by Crippen LogP contribution is -2.06. The summed E-state index contributed by atoms with van der Waals surface area (Å²) in [5.74, 6) is -1.10. The average molecular weight is 320 g/mol. The largest absolute Gasteiger partial charge is 0.480 e. The second-order valence-corrected chi connectivity index (χ2v) is 5.58. The highest BCUT2D eigenvalue weighted by molar-refractivity contribution is 6.26. The standard InChI is InChI=1S/C18H8O6/c19-9-5-6-10-12-11(9)17(21)24-16-8-4-2-1-3-7(8)15(20)14(13(12)16)18(22)23-10/h1-6,21-22H. The van der Waals surface area contributed by atoms with Crippen LogP contribution in [-0.2, 0) is 0 Å². The second kappa shape index (κ2) is 4.05. The van der Waals surface area contributed by atoms with E-state index in [0.717, 1.165) is 0 Å². The minimum atomic E-state index is -0.552. The van der Waals surface area contributed by atoms with E-state index >= 15 is 0 Å². The Hall–Kier alpha value is -3.54. The van der Waals surface area contributed by atoms with Gasteiger partial charge in [0.25, 0.3) is 11.9 Å². The number of fused-ring (bicyclic) bond motifs is 2. The summed E-state index contributed by atoms with van der Waals surface area (Å²) in [7, 11) is 0. The van der Waals surface area contributed by atoms with Gasteiger partial charge in [-0.15, -0.1) is 0 Å². The Morgan fingerprint density at radius 1 is 0.708 bits per heavy atom. The van der Waals surface area contributed by atoms with Crippen LogP contribution in [0.2, 0.25) is 0 Å². The van der Waals surface area contributed by atoms with Crippen LogP contribution in [0.15, 0.2) is 54.8 Å². The van der Waals surface area contributed by atoms with E-state index in [9.17, 15) is 19.8 Å². The van der Waals surface area contributed by atoms with E-state index in [4.69, 9.17) is 8.83 Å². The summed E-state index contributed by atoms with van der Waals surface area (Å²) in [5, 5.41) is 21.6. The number of hydrogen-bond donors (Lipinski definition) is 2. The fraction of sp³-hybridized carbons (Fsp3) is 0. The molecule has 24 heavy (non-hydrogen) atoms. The Balaban J connectivity index is 2.34. The third-order valence-electron chi connectivity index (χ3n) is 4.33. The first kappa shape index (κ1) is 13.0. The molecule has 0 bridgehead atoms. The molecule has 0 saturated heterocycles. The number of benzene rings is 3. The van der Waals surface area contributed by atoms with Crippen LogP contribution >= 0.6 is 0 Å². The van der Waals surface area contributed by atoms with Crippen LogP contribution in [0.25, 0.3) is 43.5 Å². The van der Waals surface area contributed by atoms with E-state index in [-0.39, 0.29) is 32.7 Å². The third kappa shape index (κ3) is 1.35. The lowest BCUT2D eigenvalue weighted by atomic mass is 9.98. The molecule has 0 saturated carbocycles. The first-order valence-electron chi connectivity index (χ1n) is 7.16. The van der Waals surface area contributed by atoms with Crippen molar-refractivity contribution in [2.75, 3.05) is 0 Å². The van der Waals surface area contributed by atoms with Crippen molar-refractivity contribution in [3.05, 3.63) is 56.8 Å². The summed E-state index contributed by atoms with van der Waals surface area (Å²) in [6.07, 6.45) is 0. The van der Waals surface area contributed by atoms with E-state index in [0.29, 0.717) is 10.8 Å². The molecule has 2 N–H and O–H groups in total. The third-order valence-corrected chi connectivity index (χ3v) is 4.33. The predicted molar refractivity (Wildman–Crippen MR) is 88.1 cm³/mol. The summed E-state index contributed by atoms with van der Waals surface area (Å²) in [4.78, 5) is 24.9. The van der Waals surface area contributed by atoms with Gasteiger partial charge in [-0.05, 0) is 12.1 Å². The van der Waals surface area contributed by atoms with Gasteiger partial charge in [0.1, 0.15) is 21.9 Å². The molecule has 3 aromatic carbocycles. The Kier molecular flexibility index (Phi) is 2.19. The monoisotopic (exact) mass is 320 g/mol. The first-order valence-corrected chi connectivity index (χ1v) is 7.16. The van der Waals surface area contributed by atoms with Gasteiger partial charge in [0.2, 0.25) is 5.43 Å². The molecule has 5 rings (SSSR count). The van der Waals surface area contributed by atoms with Crippen LogP contribution in [0.4, 0.5) is 0 Å². The van der Waals surface area contributed by atoms with Crippen LogP contribution < -0.4 is 10.9 Å². The molecule has 0 unspecified atom stereocenters. The molecule has 0 radical (unpaired) electrons. The van der Waals surface area contributed by atoms with Crippen molar-refractivity contribution in [3.8, 4) is 11.9 Å². The van der Waals surface area contributed by atoms with Crippen molar-refractivity contribution < 1.29 is 19.0 Å². The molecule has 6 heteroatoms.